The summed E-state index contributed by atoms with van der Waals surface area (Å²) in [5.41, 5.74) is 11.6. The van der Waals surface area contributed by atoms with Crippen molar-refractivity contribution >= 4 is 49.8 Å². The fourth-order valence-corrected chi connectivity index (χ4v) is 9.54. The van der Waals surface area contributed by atoms with E-state index in [4.69, 9.17) is 19.4 Å². The van der Waals surface area contributed by atoms with E-state index in [1.807, 2.05) is 66.7 Å². The Morgan fingerprint density at radius 1 is 0.344 bits per heavy atom. The molecular weight excluding hydrogens is 745 g/mol. The van der Waals surface area contributed by atoms with Gasteiger partial charge in [0, 0.05) is 38.7 Å². The highest BCUT2D eigenvalue weighted by molar-refractivity contribution is 6.08. The quantitative estimate of drug-likeness (QED) is 0.168. The van der Waals surface area contributed by atoms with Crippen LogP contribution in [0.5, 0.6) is 0 Å². The molecule has 1 aliphatic heterocycles. The zero-order valence-electron chi connectivity index (χ0n) is 33.0. The van der Waals surface area contributed by atoms with Gasteiger partial charge < -0.3 is 9.32 Å². The first kappa shape index (κ1) is 34.9. The van der Waals surface area contributed by atoms with E-state index in [-0.39, 0.29) is 0 Å². The van der Waals surface area contributed by atoms with Gasteiger partial charge in [0.25, 0.3) is 0 Å². The minimum absolute atomic E-state index is 0.618. The second kappa shape index (κ2) is 14.0. The van der Waals surface area contributed by atoms with Crippen LogP contribution in [0, 0.1) is 0 Å². The smallest absolute Gasteiger partial charge is 0.164 e. The predicted molar refractivity (Wildman–Crippen MR) is 247 cm³/mol. The molecule has 0 radical (unpaired) electrons. The summed E-state index contributed by atoms with van der Waals surface area (Å²) in [6.45, 7) is 0. The number of rotatable bonds is 6. The first-order chi connectivity index (χ1) is 30.3. The highest BCUT2D eigenvalue weighted by Gasteiger charge is 2.48. The van der Waals surface area contributed by atoms with E-state index >= 15 is 0 Å². The number of aromatic nitrogens is 3. The molecule has 0 N–H and O–H groups in total. The third-order valence-electron chi connectivity index (χ3n) is 12.2. The molecule has 61 heavy (non-hydrogen) atoms. The van der Waals surface area contributed by atoms with E-state index in [1.165, 1.54) is 27.5 Å². The molecule has 1 aliphatic rings. The molecule has 0 fully saturated rings. The molecule has 0 amide bonds. The summed E-state index contributed by atoms with van der Waals surface area (Å²) in [7, 11) is 0. The Kier molecular flexibility index (Phi) is 8.00. The lowest BCUT2D eigenvalue weighted by atomic mass is 9.61. The van der Waals surface area contributed by atoms with Crippen molar-refractivity contribution in [3.63, 3.8) is 0 Å². The molecule has 286 valence electrons. The van der Waals surface area contributed by atoms with Gasteiger partial charge in [-0.05, 0) is 69.9 Å². The van der Waals surface area contributed by atoms with Crippen LogP contribution in [0.15, 0.2) is 223 Å². The monoisotopic (exact) mass is 780 g/mol. The number of nitrogens with zero attached hydrogens (tertiary/aromatic N) is 4. The van der Waals surface area contributed by atoms with Crippen LogP contribution in [0.3, 0.4) is 0 Å². The first-order valence-electron chi connectivity index (χ1n) is 20.6. The summed E-state index contributed by atoms with van der Waals surface area (Å²) in [6, 6.07) is 77.0. The summed E-state index contributed by atoms with van der Waals surface area (Å²) in [5, 5.41) is 4.59. The molecule has 0 atom stereocenters. The van der Waals surface area contributed by atoms with E-state index in [1.54, 1.807) is 0 Å². The Hall–Kier alpha value is -8.15. The third kappa shape index (κ3) is 5.44. The third-order valence-corrected chi connectivity index (χ3v) is 12.2. The van der Waals surface area contributed by atoms with Crippen molar-refractivity contribution in [2.45, 2.75) is 5.41 Å². The van der Waals surface area contributed by atoms with Crippen molar-refractivity contribution in [1.82, 2.24) is 15.0 Å². The van der Waals surface area contributed by atoms with Crippen LogP contribution in [0.1, 0.15) is 22.3 Å². The number of hydrogen-bond donors (Lipinski definition) is 0. The van der Waals surface area contributed by atoms with Gasteiger partial charge >= 0.3 is 0 Å². The van der Waals surface area contributed by atoms with Gasteiger partial charge in [0.2, 0.25) is 0 Å². The number of para-hydroxylation sites is 4. The molecule has 5 nitrogen and oxygen atoms in total. The highest BCUT2D eigenvalue weighted by atomic mass is 16.3. The number of anilines is 3. The molecule has 9 aromatic carbocycles. The normalized spacial score (nSPS) is 13.0. The van der Waals surface area contributed by atoms with E-state index in [0.29, 0.717) is 17.5 Å². The van der Waals surface area contributed by atoms with Gasteiger partial charge in [-0.25, -0.2) is 15.0 Å². The molecule has 5 heteroatoms. The summed E-state index contributed by atoms with van der Waals surface area (Å²) in [5.74, 6) is 1.89. The molecular formula is C56H36N4O. The molecule has 12 rings (SSSR count). The molecule has 0 bridgehead atoms. The minimum Gasteiger partial charge on any atom is -0.456 e. The molecule has 0 saturated heterocycles. The fraction of sp³-hybridized carbons (Fsp3) is 0.0179. The van der Waals surface area contributed by atoms with Gasteiger partial charge in [0.05, 0.1) is 16.8 Å². The van der Waals surface area contributed by atoms with Crippen molar-refractivity contribution in [2.75, 3.05) is 4.90 Å². The van der Waals surface area contributed by atoms with Crippen LogP contribution in [0.2, 0.25) is 0 Å². The molecule has 0 aliphatic carbocycles. The number of furan rings is 1. The molecule has 0 unspecified atom stereocenters. The van der Waals surface area contributed by atoms with Gasteiger partial charge in [0.15, 0.2) is 17.5 Å². The SMILES string of the molecule is c1ccc(-c2nc(-c3ccccc3)nc(-c3ccc(N4c5ccccc5C(c5cccc6ccccc56)(c5cccc6c5oc5ccccc56)c5ccccc54)cc3)n2)cc1. The van der Waals surface area contributed by atoms with E-state index in [0.717, 1.165) is 61.3 Å². The van der Waals surface area contributed by atoms with Gasteiger partial charge in [-0.1, -0.05) is 176 Å². The average molecular weight is 781 g/mol. The number of benzene rings is 9. The Morgan fingerprint density at radius 2 is 0.803 bits per heavy atom. The Labute approximate surface area is 352 Å². The van der Waals surface area contributed by atoms with E-state index in [9.17, 15) is 0 Å². The van der Waals surface area contributed by atoms with E-state index in [2.05, 4.69) is 157 Å². The van der Waals surface area contributed by atoms with Gasteiger partial charge in [-0.2, -0.15) is 0 Å². The summed E-state index contributed by atoms with van der Waals surface area (Å²) in [4.78, 5) is 17.4. The zero-order valence-corrected chi connectivity index (χ0v) is 33.0. The Bertz CT molecular complexity index is 3320. The Balaban J connectivity index is 1.08. The van der Waals surface area contributed by atoms with Gasteiger partial charge in [0.1, 0.15) is 11.2 Å². The fourth-order valence-electron chi connectivity index (χ4n) is 9.54. The van der Waals surface area contributed by atoms with Crippen LogP contribution in [0.25, 0.3) is 66.9 Å². The Morgan fingerprint density at radius 3 is 1.46 bits per heavy atom. The molecule has 3 heterocycles. The second-order valence-electron chi connectivity index (χ2n) is 15.5. The largest absolute Gasteiger partial charge is 0.456 e. The number of fused-ring (bicyclic) bond motifs is 6. The highest BCUT2D eigenvalue weighted by Crippen LogP contribution is 2.60. The maximum Gasteiger partial charge on any atom is 0.164 e. The topological polar surface area (TPSA) is 55.1 Å². The van der Waals surface area contributed by atoms with Crippen LogP contribution in [-0.2, 0) is 5.41 Å². The maximum atomic E-state index is 6.94. The van der Waals surface area contributed by atoms with Crippen molar-refractivity contribution in [2.24, 2.45) is 0 Å². The zero-order chi connectivity index (χ0) is 40.3. The van der Waals surface area contributed by atoms with Crippen LogP contribution in [-0.4, -0.2) is 15.0 Å². The predicted octanol–water partition coefficient (Wildman–Crippen LogP) is 14.1. The van der Waals surface area contributed by atoms with Crippen LogP contribution in [0.4, 0.5) is 17.1 Å². The second-order valence-corrected chi connectivity index (χ2v) is 15.5. The molecule has 0 spiro atoms. The minimum atomic E-state index is -0.759. The summed E-state index contributed by atoms with van der Waals surface area (Å²) in [6.07, 6.45) is 0. The van der Waals surface area contributed by atoms with Gasteiger partial charge in [-0.15, -0.1) is 0 Å². The number of hydrogen-bond acceptors (Lipinski definition) is 5. The lowest BCUT2D eigenvalue weighted by molar-refractivity contribution is 0.644. The maximum absolute atomic E-state index is 6.94. The molecule has 2 aromatic heterocycles. The van der Waals surface area contributed by atoms with Crippen LogP contribution < -0.4 is 4.90 Å². The van der Waals surface area contributed by atoms with Crippen molar-refractivity contribution in [3.8, 4) is 34.2 Å². The summed E-state index contributed by atoms with van der Waals surface area (Å²) < 4.78 is 6.94. The first-order valence-corrected chi connectivity index (χ1v) is 20.6. The van der Waals surface area contributed by atoms with Crippen LogP contribution >= 0.6 is 0 Å². The average Bonchev–Trinajstić information content (AvgIpc) is 3.73. The van der Waals surface area contributed by atoms with Crippen molar-refractivity contribution < 1.29 is 4.42 Å². The molecule has 11 aromatic rings. The lowest BCUT2D eigenvalue weighted by Gasteiger charge is -2.46. The van der Waals surface area contributed by atoms with Crippen molar-refractivity contribution in [3.05, 3.63) is 241 Å². The molecule has 0 saturated carbocycles. The van der Waals surface area contributed by atoms with Gasteiger partial charge in [-0.3, -0.25) is 0 Å². The standard InChI is InChI=1S/C56H36N4O/c1-3-18-38(19-4-1)53-57-54(39-20-5-2-6-21-39)59-55(58-53)40-33-35-41(36-34-40)60-49-30-12-10-26-46(49)56(47-27-11-13-31-50(47)60,45-28-15-22-37-17-7-8-23-42(37)45)48-29-16-25-44-43-24-9-14-32-51(43)61-52(44)48/h1-36H. The summed E-state index contributed by atoms with van der Waals surface area (Å²) >= 11 is 0. The lowest BCUT2D eigenvalue weighted by Crippen LogP contribution is -2.38. The van der Waals surface area contributed by atoms with E-state index < -0.39 is 5.41 Å². The van der Waals surface area contributed by atoms with Crippen molar-refractivity contribution in [1.29, 1.82) is 0 Å².